The predicted molar refractivity (Wildman–Crippen MR) is 71.1 cm³/mol. The average molecular weight is 282 g/mol. The van der Waals surface area contributed by atoms with E-state index in [9.17, 15) is 13.2 Å². The number of rotatable bonds is 5. The lowest BCUT2D eigenvalue weighted by Gasteiger charge is -2.08. The third kappa shape index (κ3) is 3.98. The predicted octanol–water partition coefficient (Wildman–Crippen LogP) is 0.659. The molecule has 0 aliphatic heterocycles. The quantitative estimate of drug-likeness (QED) is 0.417. The highest BCUT2D eigenvalue weighted by Crippen LogP contribution is 2.19. The number of aromatic carboxylic acids is 1. The molecular weight excluding hydrogens is 268 g/mol. The Kier molecular flexibility index (Phi) is 4.92. The number of carboxylic acid groups (broad SMARTS) is 1. The molecule has 1 aromatic carbocycles. The Morgan fingerprint density at radius 1 is 1.47 bits per heavy atom. The summed E-state index contributed by atoms with van der Waals surface area (Å²) in [4.78, 5) is 10.6. The van der Waals surface area contributed by atoms with Crippen molar-refractivity contribution in [1.82, 2.24) is 4.72 Å². The minimum absolute atomic E-state index is 0.0618. The monoisotopic (exact) mass is 282 g/mol. The van der Waals surface area contributed by atoms with E-state index >= 15 is 0 Å². The zero-order valence-corrected chi connectivity index (χ0v) is 11.1. The van der Waals surface area contributed by atoms with Crippen molar-refractivity contribution in [3.05, 3.63) is 23.8 Å². The maximum absolute atomic E-state index is 11.9. The van der Waals surface area contributed by atoms with Crippen LogP contribution in [-0.2, 0) is 10.0 Å². The summed E-state index contributed by atoms with van der Waals surface area (Å²) in [6.07, 6.45) is 0.392. The maximum Gasteiger partial charge on any atom is 0.335 e. The van der Waals surface area contributed by atoms with Gasteiger partial charge in [0.1, 0.15) is 4.90 Å². The second-order valence-corrected chi connectivity index (χ2v) is 5.37. The normalized spacial score (nSPS) is 10.6. The Morgan fingerprint density at radius 3 is 2.68 bits per heavy atom. The molecule has 0 atom stereocenters. The number of carbonyl (C=O) groups is 1. The van der Waals surface area contributed by atoms with Gasteiger partial charge in [-0.3, -0.25) is 0 Å². The van der Waals surface area contributed by atoms with Gasteiger partial charge in [-0.2, -0.15) is 0 Å². The Bertz CT molecular complexity index is 641. The van der Waals surface area contributed by atoms with Crippen LogP contribution in [0.4, 0.5) is 5.69 Å². The van der Waals surface area contributed by atoms with Crippen LogP contribution >= 0.6 is 0 Å². The highest BCUT2D eigenvalue weighted by molar-refractivity contribution is 7.89. The molecular formula is C12H14N2O4S. The Morgan fingerprint density at radius 2 is 2.16 bits per heavy atom. The van der Waals surface area contributed by atoms with Crippen molar-refractivity contribution in [2.45, 2.75) is 18.2 Å². The topological polar surface area (TPSA) is 109 Å². The fourth-order valence-corrected chi connectivity index (χ4v) is 2.52. The molecule has 0 radical (unpaired) electrons. The lowest BCUT2D eigenvalue weighted by atomic mass is 10.2. The number of nitrogens with two attached hydrogens (primary N) is 1. The molecule has 1 aromatic rings. The summed E-state index contributed by atoms with van der Waals surface area (Å²) < 4.78 is 26.2. The van der Waals surface area contributed by atoms with Crippen LogP contribution in [0.5, 0.6) is 0 Å². The van der Waals surface area contributed by atoms with Crippen molar-refractivity contribution < 1.29 is 18.3 Å². The molecule has 0 amide bonds. The highest BCUT2D eigenvalue weighted by Gasteiger charge is 2.18. The SMILES string of the molecule is CC#CCCNS(=O)(=O)c1ccc(C(=O)O)cc1N. The van der Waals surface area contributed by atoms with Crippen LogP contribution < -0.4 is 10.5 Å². The molecule has 0 saturated heterocycles. The van der Waals surface area contributed by atoms with Crippen molar-refractivity contribution >= 4 is 21.7 Å². The first-order chi connectivity index (χ1) is 8.88. The van der Waals surface area contributed by atoms with Crippen LogP contribution in [0.1, 0.15) is 23.7 Å². The van der Waals surface area contributed by atoms with Gasteiger partial charge in [-0.15, -0.1) is 11.8 Å². The van der Waals surface area contributed by atoms with Crippen molar-refractivity contribution in [2.24, 2.45) is 0 Å². The molecule has 0 unspecified atom stereocenters. The molecule has 0 heterocycles. The van der Waals surface area contributed by atoms with E-state index in [1.54, 1.807) is 6.92 Å². The maximum atomic E-state index is 11.9. The van der Waals surface area contributed by atoms with Gasteiger partial charge in [0.2, 0.25) is 10.0 Å². The summed E-state index contributed by atoms with van der Waals surface area (Å²) in [5.41, 5.74) is 5.40. The van der Waals surface area contributed by atoms with E-state index in [4.69, 9.17) is 10.8 Å². The molecule has 19 heavy (non-hydrogen) atoms. The molecule has 0 aliphatic carbocycles. The van der Waals surface area contributed by atoms with Crippen LogP contribution in [0.25, 0.3) is 0 Å². The van der Waals surface area contributed by atoms with Crippen molar-refractivity contribution in [3.8, 4) is 11.8 Å². The van der Waals surface area contributed by atoms with Crippen LogP contribution in [0.2, 0.25) is 0 Å². The van der Waals surface area contributed by atoms with E-state index in [0.29, 0.717) is 6.42 Å². The first-order valence-corrected chi connectivity index (χ1v) is 6.89. The summed E-state index contributed by atoms with van der Waals surface area (Å²) in [6, 6.07) is 3.48. The van der Waals surface area contributed by atoms with Crippen LogP contribution in [0.15, 0.2) is 23.1 Å². The van der Waals surface area contributed by atoms with E-state index < -0.39 is 16.0 Å². The molecule has 0 saturated carbocycles. The fourth-order valence-electron chi connectivity index (χ4n) is 1.38. The number of anilines is 1. The lowest BCUT2D eigenvalue weighted by Crippen LogP contribution is -2.25. The second-order valence-electron chi connectivity index (χ2n) is 3.63. The van der Waals surface area contributed by atoms with Crippen LogP contribution in [0.3, 0.4) is 0 Å². The summed E-state index contributed by atoms with van der Waals surface area (Å²) in [7, 11) is -3.75. The van der Waals surface area contributed by atoms with Crippen molar-refractivity contribution in [2.75, 3.05) is 12.3 Å². The fraction of sp³-hybridized carbons (Fsp3) is 0.250. The molecule has 6 nitrogen and oxygen atoms in total. The Hall–Kier alpha value is -2.04. The smallest absolute Gasteiger partial charge is 0.335 e. The number of sulfonamides is 1. The lowest BCUT2D eigenvalue weighted by molar-refractivity contribution is 0.0697. The van der Waals surface area contributed by atoms with Gasteiger partial charge in [-0.05, 0) is 25.1 Å². The van der Waals surface area contributed by atoms with E-state index in [-0.39, 0.29) is 22.7 Å². The van der Waals surface area contributed by atoms with Gasteiger partial charge in [-0.1, -0.05) is 0 Å². The van der Waals surface area contributed by atoms with E-state index in [1.807, 2.05) is 0 Å². The van der Waals surface area contributed by atoms with E-state index in [1.165, 1.54) is 12.1 Å². The van der Waals surface area contributed by atoms with Crippen molar-refractivity contribution in [3.63, 3.8) is 0 Å². The minimum atomic E-state index is -3.75. The third-order valence-electron chi connectivity index (χ3n) is 2.27. The number of benzene rings is 1. The molecule has 1 rings (SSSR count). The summed E-state index contributed by atoms with van der Waals surface area (Å²) >= 11 is 0. The highest BCUT2D eigenvalue weighted by atomic mass is 32.2. The van der Waals surface area contributed by atoms with Gasteiger partial charge in [0.05, 0.1) is 11.3 Å². The average Bonchev–Trinajstić information content (AvgIpc) is 2.34. The number of hydrogen-bond acceptors (Lipinski definition) is 4. The van der Waals surface area contributed by atoms with E-state index in [0.717, 1.165) is 6.07 Å². The number of carboxylic acids is 1. The van der Waals surface area contributed by atoms with E-state index in [2.05, 4.69) is 16.6 Å². The molecule has 0 fully saturated rings. The molecule has 0 spiro atoms. The zero-order chi connectivity index (χ0) is 14.5. The molecule has 7 heteroatoms. The molecule has 0 aromatic heterocycles. The zero-order valence-electron chi connectivity index (χ0n) is 10.3. The molecule has 4 N–H and O–H groups in total. The standard InChI is InChI=1S/C12H14N2O4S/c1-2-3-4-7-14-19(17,18)11-6-5-9(12(15)16)8-10(11)13/h5-6,8,14H,4,7,13H2,1H3,(H,15,16). The third-order valence-corrected chi connectivity index (χ3v) is 3.80. The van der Waals surface area contributed by atoms with Gasteiger partial charge in [0, 0.05) is 13.0 Å². The summed E-state index contributed by atoms with van der Waals surface area (Å²) in [5.74, 6) is 4.21. The first-order valence-electron chi connectivity index (χ1n) is 5.40. The Balaban J connectivity index is 2.94. The molecule has 0 aliphatic rings. The molecule has 0 bridgehead atoms. The first kappa shape index (κ1) is 15.0. The van der Waals surface area contributed by atoms with Gasteiger partial charge >= 0.3 is 5.97 Å². The number of hydrogen-bond donors (Lipinski definition) is 3. The number of nitrogen functional groups attached to an aromatic ring is 1. The largest absolute Gasteiger partial charge is 0.478 e. The van der Waals surface area contributed by atoms with Crippen molar-refractivity contribution in [1.29, 1.82) is 0 Å². The second kappa shape index (κ2) is 6.22. The van der Waals surface area contributed by atoms with Gasteiger partial charge in [-0.25, -0.2) is 17.9 Å². The number of nitrogens with one attached hydrogen (secondary N) is 1. The van der Waals surface area contributed by atoms with Gasteiger partial charge in [0.25, 0.3) is 0 Å². The van der Waals surface area contributed by atoms with Gasteiger partial charge in [0.15, 0.2) is 0 Å². The minimum Gasteiger partial charge on any atom is -0.478 e. The summed E-state index contributed by atoms with van der Waals surface area (Å²) in [6.45, 7) is 1.83. The summed E-state index contributed by atoms with van der Waals surface area (Å²) in [5, 5.41) is 8.77. The van der Waals surface area contributed by atoms with Crippen LogP contribution in [-0.4, -0.2) is 26.0 Å². The van der Waals surface area contributed by atoms with Crippen LogP contribution in [0, 0.1) is 11.8 Å². The Labute approximate surface area is 111 Å². The van der Waals surface area contributed by atoms with Gasteiger partial charge < -0.3 is 10.8 Å². The molecule has 102 valence electrons.